The number of nitrogens with one attached hydrogen (secondary N) is 2. The summed E-state index contributed by atoms with van der Waals surface area (Å²) in [4.78, 5) is 23.6. The number of hydrogen-bond donors (Lipinski definition) is 2. The number of carbonyl (C=O) groups is 2. The molecule has 3 aromatic rings. The first-order valence-corrected chi connectivity index (χ1v) is 8.34. The second kappa shape index (κ2) is 7.82. The molecule has 1 atom stereocenters. The normalized spacial score (nSPS) is 11.7. The molecular weight excluding hydrogens is 349 g/mol. The maximum atomic E-state index is 13.8. The molecule has 2 aromatic carbocycles. The van der Waals surface area contributed by atoms with Crippen LogP contribution in [0, 0.1) is 5.82 Å². The summed E-state index contributed by atoms with van der Waals surface area (Å²) in [7, 11) is 0. The lowest BCUT2D eigenvalue weighted by molar-refractivity contribution is -0.114. The van der Waals surface area contributed by atoms with Crippen LogP contribution in [0.1, 0.15) is 35.9 Å². The highest BCUT2D eigenvalue weighted by Gasteiger charge is 2.18. The predicted molar refractivity (Wildman–Crippen MR) is 98.5 cm³/mol. The maximum Gasteiger partial charge on any atom is 0.273 e. The molecule has 0 aliphatic heterocycles. The van der Waals surface area contributed by atoms with Gasteiger partial charge >= 0.3 is 0 Å². The molecule has 1 heterocycles. The maximum absolute atomic E-state index is 13.8. The number of anilines is 1. The SMILES string of the molecule is CC(=O)Nc1cccc([C@H](C)NC(=O)c2cc(-c3ccccc3F)on2)c1. The summed E-state index contributed by atoms with van der Waals surface area (Å²) in [6.45, 7) is 3.23. The Kier molecular flexibility index (Phi) is 5.30. The van der Waals surface area contributed by atoms with Crippen molar-refractivity contribution < 1.29 is 18.5 Å². The van der Waals surface area contributed by atoms with Crippen molar-refractivity contribution >= 4 is 17.5 Å². The van der Waals surface area contributed by atoms with Gasteiger partial charge in [0.1, 0.15) is 5.82 Å². The summed E-state index contributed by atoms with van der Waals surface area (Å²) < 4.78 is 18.9. The molecule has 0 aliphatic rings. The minimum absolute atomic E-state index is 0.0538. The van der Waals surface area contributed by atoms with E-state index in [0.717, 1.165) is 5.56 Å². The van der Waals surface area contributed by atoms with Crippen LogP contribution in [0.5, 0.6) is 0 Å². The van der Waals surface area contributed by atoms with Crippen molar-refractivity contribution in [2.24, 2.45) is 0 Å². The summed E-state index contributed by atoms with van der Waals surface area (Å²) in [6.07, 6.45) is 0. The van der Waals surface area contributed by atoms with Gasteiger partial charge in [0.15, 0.2) is 11.5 Å². The van der Waals surface area contributed by atoms with Crippen LogP contribution in [-0.2, 0) is 4.79 Å². The van der Waals surface area contributed by atoms with Gasteiger partial charge in [-0.2, -0.15) is 0 Å². The molecule has 0 unspecified atom stereocenters. The van der Waals surface area contributed by atoms with Crippen molar-refractivity contribution in [3.63, 3.8) is 0 Å². The van der Waals surface area contributed by atoms with Crippen molar-refractivity contribution in [1.82, 2.24) is 10.5 Å². The fraction of sp³-hybridized carbons (Fsp3) is 0.150. The van der Waals surface area contributed by atoms with E-state index in [1.807, 2.05) is 13.0 Å². The summed E-state index contributed by atoms with van der Waals surface area (Å²) in [5.41, 5.74) is 1.75. The highest BCUT2D eigenvalue weighted by atomic mass is 19.1. The van der Waals surface area contributed by atoms with Gasteiger partial charge in [0.2, 0.25) is 5.91 Å². The molecule has 0 bridgehead atoms. The molecule has 138 valence electrons. The molecule has 27 heavy (non-hydrogen) atoms. The Labute approximate surface area is 155 Å². The number of aromatic nitrogens is 1. The zero-order valence-electron chi connectivity index (χ0n) is 14.8. The minimum atomic E-state index is -0.455. The van der Waals surface area contributed by atoms with Crippen molar-refractivity contribution in [3.8, 4) is 11.3 Å². The molecule has 7 heteroatoms. The number of hydrogen-bond acceptors (Lipinski definition) is 4. The third-order valence-electron chi connectivity index (χ3n) is 3.94. The van der Waals surface area contributed by atoms with Gasteiger partial charge in [-0.15, -0.1) is 0 Å². The van der Waals surface area contributed by atoms with Gasteiger partial charge in [0.05, 0.1) is 11.6 Å². The molecule has 2 N–H and O–H groups in total. The van der Waals surface area contributed by atoms with Gasteiger partial charge < -0.3 is 15.2 Å². The first-order chi connectivity index (χ1) is 12.9. The Balaban J connectivity index is 1.72. The van der Waals surface area contributed by atoms with Crippen LogP contribution in [0.15, 0.2) is 59.1 Å². The molecule has 0 spiro atoms. The highest BCUT2D eigenvalue weighted by Crippen LogP contribution is 2.24. The number of carbonyl (C=O) groups excluding carboxylic acids is 2. The highest BCUT2D eigenvalue weighted by molar-refractivity contribution is 5.93. The van der Waals surface area contributed by atoms with Gasteiger partial charge in [-0.25, -0.2) is 4.39 Å². The zero-order chi connectivity index (χ0) is 19.4. The van der Waals surface area contributed by atoms with Crippen molar-refractivity contribution in [1.29, 1.82) is 0 Å². The van der Waals surface area contributed by atoms with Crippen LogP contribution in [0.3, 0.4) is 0 Å². The molecule has 0 aliphatic carbocycles. The van der Waals surface area contributed by atoms with E-state index in [2.05, 4.69) is 15.8 Å². The third-order valence-corrected chi connectivity index (χ3v) is 3.94. The van der Waals surface area contributed by atoms with E-state index in [4.69, 9.17) is 4.52 Å². The van der Waals surface area contributed by atoms with Crippen molar-refractivity contribution in [3.05, 3.63) is 71.7 Å². The predicted octanol–water partition coefficient (Wildman–Crippen LogP) is 3.93. The van der Waals surface area contributed by atoms with E-state index in [1.165, 1.54) is 19.1 Å². The molecule has 0 fully saturated rings. The first-order valence-electron chi connectivity index (χ1n) is 8.34. The second-order valence-corrected chi connectivity index (χ2v) is 6.06. The minimum Gasteiger partial charge on any atom is -0.355 e. The Morgan fingerprint density at radius 3 is 2.63 bits per heavy atom. The number of benzene rings is 2. The Morgan fingerprint density at radius 1 is 1.11 bits per heavy atom. The quantitative estimate of drug-likeness (QED) is 0.716. The summed E-state index contributed by atoms with van der Waals surface area (Å²) >= 11 is 0. The average molecular weight is 367 g/mol. The molecule has 0 radical (unpaired) electrons. The Morgan fingerprint density at radius 2 is 1.89 bits per heavy atom. The van der Waals surface area contributed by atoms with Gasteiger partial charge in [-0.1, -0.05) is 29.4 Å². The van der Waals surface area contributed by atoms with Gasteiger partial charge in [-0.3, -0.25) is 9.59 Å². The smallest absolute Gasteiger partial charge is 0.273 e. The number of amides is 2. The zero-order valence-corrected chi connectivity index (χ0v) is 14.8. The van der Waals surface area contributed by atoms with E-state index < -0.39 is 11.7 Å². The topological polar surface area (TPSA) is 84.2 Å². The van der Waals surface area contributed by atoms with Crippen LogP contribution in [0.25, 0.3) is 11.3 Å². The molecule has 0 saturated heterocycles. The second-order valence-electron chi connectivity index (χ2n) is 6.06. The molecule has 2 amide bonds. The van der Waals surface area contributed by atoms with Crippen LogP contribution in [0.4, 0.5) is 10.1 Å². The average Bonchev–Trinajstić information content (AvgIpc) is 3.12. The summed E-state index contributed by atoms with van der Waals surface area (Å²) in [6, 6.07) is 14.3. The molecular formula is C20H18FN3O3. The van der Waals surface area contributed by atoms with Gasteiger partial charge in [-0.05, 0) is 36.8 Å². The number of rotatable bonds is 5. The van der Waals surface area contributed by atoms with E-state index in [-0.39, 0.29) is 29.0 Å². The lowest BCUT2D eigenvalue weighted by Gasteiger charge is -2.14. The van der Waals surface area contributed by atoms with Gasteiger partial charge in [0, 0.05) is 18.7 Å². The molecule has 6 nitrogen and oxygen atoms in total. The fourth-order valence-electron chi connectivity index (χ4n) is 2.61. The van der Waals surface area contributed by atoms with E-state index in [1.54, 1.807) is 36.4 Å². The van der Waals surface area contributed by atoms with Crippen molar-refractivity contribution in [2.75, 3.05) is 5.32 Å². The molecule has 3 rings (SSSR count). The largest absolute Gasteiger partial charge is 0.355 e. The number of nitrogens with zero attached hydrogens (tertiary/aromatic N) is 1. The van der Waals surface area contributed by atoms with E-state index in [9.17, 15) is 14.0 Å². The first kappa shape index (κ1) is 18.3. The van der Waals surface area contributed by atoms with Crippen LogP contribution >= 0.6 is 0 Å². The van der Waals surface area contributed by atoms with E-state index in [0.29, 0.717) is 5.69 Å². The summed E-state index contributed by atoms with van der Waals surface area (Å²) in [5, 5.41) is 9.23. The van der Waals surface area contributed by atoms with E-state index >= 15 is 0 Å². The standard InChI is InChI=1S/C20H18FN3O3/c1-12(14-6-5-7-15(10-14)23-13(2)25)22-20(26)18-11-19(27-24-18)16-8-3-4-9-17(16)21/h3-12H,1-2H3,(H,22,26)(H,23,25)/t12-/m0/s1. The monoisotopic (exact) mass is 367 g/mol. The van der Waals surface area contributed by atoms with Crippen molar-refractivity contribution in [2.45, 2.75) is 19.9 Å². The Hall–Kier alpha value is -3.48. The third kappa shape index (κ3) is 4.38. The lowest BCUT2D eigenvalue weighted by Crippen LogP contribution is -2.27. The fourth-order valence-corrected chi connectivity index (χ4v) is 2.61. The van der Waals surface area contributed by atoms with Gasteiger partial charge in [0.25, 0.3) is 5.91 Å². The molecule has 1 aromatic heterocycles. The molecule has 0 saturated carbocycles. The number of halogens is 1. The summed E-state index contributed by atoms with van der Waals surface area (Å²) in [5.74, 6) is -0.895. The Bertz CT molecular complexity index is 984. The van der Waals surface area contributed by atoms with Crippen LogP contribution in [0.2, 0.25) is 0 Å². The van der Waals surface area contributed by atoms with Crippen LogP contribution in [-0.4, -0.2) is 17.0 Å². The lowest BCUT2D eigenvalue weighted by atomic mass is 10.1. The van der Waals surface area contributed by atoms with Crippen LogP contribution < -0.4 is 10.6 Å².